The van der Waals surface area contributed by atoms with Gasteiger partial charge in [-0.3, -0.25) is 4.79 Å². The van der Waals surface area contributed by atoms with Crippen molar-refractivity contribution >= 4 is 29.0 Å². The molecule has 0 bridgehead atoms. The van der Waals surface area contributed by atoms with Crippen LogP contribution in [0.25, 0.3) is 22.5 Å². The van der Waals surface area contributed by atoms with Crippen LogP contribution in [0.5, 0.6) is 0 Å². The van der Waals surface area contributed by atoms with Crippen LogP contribution in [0.15, 0.2) is 83.3 Å². The predicted octanol–water partition coefficient (Wildman–Crippen LogP) is 6.99. The summed E-state index contributed by atoms with van der Waals surface area (Å²) in [4.78, 5) is 18.0. The van der Waals surface area contributed by atoms with Crippen molar-refractivity contribution in [2.75, 3.05) is 12.3 Å². The third-order valence-electron chi connectivity index (χ3n) is 5.31. The standard InChI is InChI=1S/C27H29N3OS2/c1-2-18-30-25(22-14-7-4-8-15-22)24(21-12-5-3-6-13-21)29-27(30)33-19-10-9-17-28-26(31)23-16-11-20-32-23/h3-8,11-16,20H,2,9-10,17-19H2,1H3,(H,28,31). The smallest absolute Gasteiger partial charge is 0.261 e. The molecule has 0 aliphatic carbocycles. The Morgan fingerprint density at radius 2 is 1.70 bits per heavy atom. The summed E-state index contributed by atoms with van der Waals surface area (Å²) < 4.78 is 2.38. The van der Waals surface area contributed by atoms with Gasteiger partial charge >= 0.3 is 0 Å². The molecule has 1 N–H and O–H groups in total. The number of nitrogens with zero attached hydrogens (tertiary/aromatic N) is 2. The fraction of sp³-hybridized carbons (Fsp3) is 0.259. The minimum absolute atomic E-state index is 0.0242. The molecular weight excluding hydrogens is 446 g/mol. The topological polar surface area (TPSA) is 46.9 Å². The zero-order chi connectivity index (χ0) is 22.9. The maximum absolute atomic E-state index is 12.1. The Labute approximate surface area is 204 Å². The molecule has 0 aliphatic heterocycles. The second-order valence-corrected chi connectivity index (χ2v) is 9.77. The van der Waals surface area contributed by atoms with E-state index in [1.165, 1.54) is 22.6 Å². The van der Waals surface area contributed by atoms with Crippen LogP contribution in [0.3, 0.4) is 0 Å². The monoisotopic (exact) mass is 475 g/mol. The molecule has 0 saturated heterocycles. The van der Waals surface area contributed by atoms with Gasteiger partial charge < -0.3 is 9.88 Å². The number of hydrogen-bond acceptors (Lipinski definition) is 4. The van der Waals surface area contributed by atoms with Crippen LogP contribution in [0.1, 0.15) is 35.9 Å². The van der Waals surface area contributed by atoms with E-state index in [4.69, 9.17) is 4.98 Å². The Hall–Kier alpha value is -2.83. The molecule has 4 nitrogen and oxygen atoms in total. The highest BCUT2D eigenvalue weighted by Crippen LogP contribution is 2.36. The van der Waals surface area contributed by atoms with Crippen molar-refractivity contribution in [3.05, 3.63) is 83.1 Å². The van der Waals surface area contributed by atoms with E-state index in [2.05, 4.69) is 71.4 Å². The fourth-order valence-corrected chi connectivity index (χ4v) is 5.41. The van der Waals surface area contributed by atoms with Gasteiger partial charge in [0.05, 0.1) is 16.3 Å². The molecule has 2 heterocycles. The largest absolute Gasteiger partial charge is 0.351 e. The van der Waals surface area contributed by atoms with Crippen molar-refractivity contribution in [3.8, 4) is 22.5 Å². The molecule has 0 radical (unpaired) electrons. The number of rotatable bonds is 11. The van der Waals surface area contributed by atoms with E-state index in [9.17, 15) is 4.79 Å². The number of aromatic nitrogens is 2. The second kappa shape index (κ2) is 11.9. The summed E-state index contributed by atoms with van der Waals surface area (Å²) in [6.07, 6.45) is 3.03. The zero-order valence-corrected chi connectivity index (χ0v) is 20.5. The van der Waals surface area contributed by atoms with Gasteiger partial charge in [-0.1, -0.05) is 85.4 Å². The number of carbonyl (C=O) groups is 1. The molecule has 0 atom stereocenters. The molecule has 0 saturated carbocycles. The molecule has 0 aliphatic rings. The minimum Gasteiger partial charge on any atom is -0.351 e. The Morgan fingerprint density at radius 1 is 0.970 bits per heavy atom. The van der Waals surface area contributed by atoms with Crippen LogP contribution >= 0.6 is 23.1 Å². The number of carbonyl (C=O) groups excluding carboxylic acids is 1. The van der Waals surface area contributed by atoms with Crippen LogP contribution in [-0.2, 0) is 6.54 Å². The summed E-state index contributed by atoms with van der Waals surface area (Å²) in [6, 6.07) is 24.8. The zero-order valence-electron chi connectivity index (χ0n) is 18.9. The Balaban J connectivity index is 1.46. The highest BCUT2D eigenvalue weighted by atomic mass is 32.2. The Morgan fingerprint density at radius 3 is 2.36 bits per heavy atom. The lowest BCUT2D eigenvalue weighted by molar-refractivity contribution is 0.0957. The fourth-order valence-electron chi connectivity index (χ4n) is 3.75. The molecule has 0 spiro atoms. The van der Waals surface area contributed by atoms with E-state index in [0.29, 0.717) is 6.54 Å². The third kappa shape index (κ3) is 5.95. The SMILES string of the molecule is CCCn1c(SCCCCNC(=O)c2cccs2)nc(-c2ccccc2)c1-c1ccccc1. The van der Waals surface area contributed by atoms with Gasteiger partial charge in [0.25, 0.3) is 5.91 Å². The van der Waals surface area contributed by atoms with Crippen molar-refractivity contribution in [3.63, 3.8) is 0 Å². The molecule has 0 fully saturated rings. The second-order valence-electron chi connectivity index (χ2n) is 7.76. The minimum atomic E-state index is 0.0242. The molecule has 2 aromatic heterocycles. The third-order valence-corrected chi connectivity index (χ3v) is 7.24. The van der Waals surface area contributed by atoms with E-state index < -0.39 is 0 Å². The summed E-state index contributed by atoms with van der Waals surface area (Å²) in [5.74, 6) is 0.995. The Kier molecular flexibility index (Phi) is 8.39. The molecule has 1 amide bonds. The highest BCUT2D eigenvalue weighted by molar-refractivity contribution is 7.99. The lowest BCUT2D eigenvalue weighted by Gasteiger charge is -2.12. The average molecular weight is 476 g/mol. The number of imidazole rings is 1. The molecular formula is C27H29N3OS2. The maximum atomic E-state index is 12.1. The number of thiophene rings is 1. The van der Waals surface area contributed by atoms with Crippen molar-refractivity contribution < 1.29 is 4.79 Å². The van der Waals surface area contributed by atoms with Gasteiger partial charge in [0.2, 0.25) is 0 Å². The maximum Gasteiger partial charge on any atom is 0.261 e. The van der Waals surface area contributed by atoms with Crippen molar-refractivity contribution in [2.45, 2.75) is 37.9 Å². The number of amides is 1. The van der Waals surface area contributed by atoms with Crippen LogP contribution in [0, 0.1) is 0 Å². The lowest BCUT2D eigenvalue weighted by atomic mass is 10.0. The molecule has 33 heavy (non-hydrogen) atoms. The van der Waals surface area contributed by atoms with Crippen molar-refractivity contribution in [2.24, 2.45) is 0 Å². The first-order valence-electron chi connectivity index (χ1n) is 11.4. The highest BCUT2D eigenvalue weighted by Gasteiger charge is 2.19. The van der Waals surface area contributed by atoms with Crippen LogP contribution in [0.4, 0.5) is 0 Å². The average Bonchev–Trinajstić information content (AvgIpc) is 3.52. The van der Waals surface area contributed by atoms with Crippen LogP contribution < -0.4 is 5.32 Å². The van der Waals surface area contributed by atoms with E-state index in [0.717, 1.165) is 52.9 Å². The molecule has 0 unspecified atom stereocenters. The van der Waals surface area contributed by atoms with Gasteiger partial charge in [0.15, 0.2) is 5.16 Å². The molecule has 6 heteroatoms. The molecule has 4 aromatic rings. The summed E-state index contributed by atoms with van der Waals surface area (Å²) in [5.41, 5.74) is 4.57. The number of nitrogens with one attached hydrogen (secondary N) is 1. The number of hydrogen-bond donors (Lipinski definition) is 1. The Bertz CT molecular complexity index is 1140. The summed E-state index contributed by atoms with van der Waals surface area (Å²) in [7, 11) is 0. The number of unbranched alkanes of at least 4 members (excludes halogenated alkanes) is 1. The lowest BCUT2D eigenvalue weighted by Crippen LogP contribution is -2.23. The summed E-state index contributed by atoms with van der Waals surface area (Å²) >= 11 is 3.28. The first kappa shape index (κ1) is 23.3. The van der Waals surface area contributed by atoms with Gasteiger partial charge in [-0.15, -0.1) is 11.3 Å². The van der Waals surface area contributed by atoms with Gasteiger partial charge in [0.1, 0.15) is 0 Å². The predicted molar refractivity (Wildman–Crippen MR) is 140 cm³/mol. The first-order valence-corrected chi connectivity index (χ1v) is 13.3. The van der Waals surface area contributed by atoms with E-state index in [-0.39, 0.29) is 5.91 Å². The number of benzene rings is 2. The van der Waals surface area contributed by atoms with Gasteiger partial charge in [-0.2, -0.15) is 0 Å². The quantitative estimate of drug-likeness (QED) is 0.188. The van der Waals surface area contributed by atoms with E-state index in [1.807, 2.05) is 35.3 Å². The number of thioether (sulfide) groups is 1. The van der Waals surface area contributed by atoms with E-state index >= 15 is 0 Å². The summed E-state index contributed by atoms with van der Waals surface area (Å²) in [6.45, 7) is 3.84. The van der Waals surface area contributed by atoms with E-state index in [1.54, 1.807) is 0 Å². The van der Waals surface area contributed by atoms with Crippen molar-refractivity contribution in [1.29, 1.82) is 0 Å². The van der Waals surface area contributed by atoms with Gasteiger partial charge in [0, 0.05) is 30.0 Å². The summed E-state index contributed by atoms with van der Waals surface area (Å²) in [5, 5.41) is 6.01. The first-order chi connectivity index (χ1) is 16.3. The van der Waals surface area contributed by atoms with Crippen molar-refractivity contribution in [1.82, 2.24) is 14.9 Å². The molecule has 4 rings (SSSR count). The van der Waals surface area contributed by atoms with Crippen LogP contribution in [-0.4, -0.2) is 27.8 Å². The molecule has 170 valence electrons. The van der Waals surface area contributed by atoms with Gasteiger partial charge in [-0.25, -0.2) is 4.98 Å². The molecule has 2 aromatic carbocycles. The normalized spacial score (nSPS) is 10.9. The van der Waals surface area contributed by atoms with Crippen LogP contribution in [0.2, 0.25) is 0 Å². The van der Waals surface area contributed by atoms with Gasteiger partial charge in [-0.05, 0) is 30.7 Å².